The van der Waals surface area contributed by atoms with Crippen molar-refractivity contribution in [3.8, 4) is 11.3 Å². The fraction of sp³-hybridized carbons (Fsp3) is 0.125. The van der Waals surface area contributed by atoms with Gasteiger partial charge in [0.25, 0.3) is 0 Å². The maximum absolute atomic E-state index is 7.80. The fourth-order valence-electron chi connectivity index (χ4n) is 2.00. The molecule has 0 aliphatic carbocycles. The van der Waals surface area contributed by atoms with Crippen LogP contribution in [-0.2, 0) is 0 Å². The zero-order valence-corrected chi connectivity index (χ0v) is 10.6. The summed E-state index contributed by atoms with van der Waals surface area (Å²) in [6, 6.07) is 11.1. The van der Waals surface area contributed by atoms with Gasteiger partial charge in [-0.3, -0.25) is 0 Å². The molecule has 0 unspecified atom stereocenters. The van der Waals surface area contributed by atoms with E-state index < -0.39 is 13.7 Å². The molecule has 0 spiro atoms. The van der Waals surface area contributed by atoms with E-state index in [9.17, 15) is 0 Å². The highest BCUT2D eigenvalue weighted by Gasteiger charge is 2.10. The zero-order chi connectivity index (χ0) is 18.4. The van der Waals surface area contributed by atoms with Gasteiger partial charge in [0.1, 0.15) is 0 Å². The number of aryl methyl sites for hydroxylation is 2. The van der Waals surface area contributed by atoms with E-state index in [1.165, 1.54) is 18.2 Å². The molecule has 0 aliphatic rings. The number of hydrogen-bond donors (Lipinski definition) is 0. The van der Waals surface area contributed by atoms with Crippen molar-refractivity contribution < 1.29 is 8.22 Å². The average Bonchev–Trinajstić information content (AvgIpc) is 2.51. The van der Waals surface area contributed by atoms with Crippen LogP contribution in [0.5, 0.6) is 0 Å². The molecule has 0 N–H and O–H groups in total. The van der Waals surface area contributed by atoms with Crippen molar-refractivity contribution in [3.05, 3.63) is 58.9 Å². The number of halogens is 1. The van der Waals surface area contributed by atoms with Gasteiger partial charge < -0.3 is 0 Å². The molecule has 0 amide bonds. The monoisotopic (exact) mass is 274 g/mol. The van der Waals surface area contributed by atoms with Gasteiger partial charge in [-0.15, -0.1) is 0 Å². The quantitative estimate of drug-likeness (QED) is 0.608. The SMILES string of the molecule is [2H]C([2H])([2H])c1ccc(-c2nc(Cl)nc3ccccc23)c(C([2H])([2H])[2H])c1. The van der Waals surface area contributed by atoms with E-state index in [4.69, 9.17) is 19.8 Å². The van der Waals surface area contributed by atoms with Crippen molar-refractivity contribution in [2.75, 3.05) is 0 Å². The van der Waals surface area contributed by atoms with E-state index in [1.807, 2.05) is 0 Å². The maximum Gasteiger partial charge on any atom is 0.223 e. The summed E-state index contributed by atoms with van der Waals surface area (Å²) in [6.07, 6.45) is 0. The minimum absolute atomic E-state index is 0.00918. The Morgan fingerprint density at radius 3 is 2.79 bits per heavy atom. The van der Waals surface area contributed by atoms with Crippen LogP contribution in [0.1, 0.15) is 19.4 Å². The van der Waals surface area contributed by atoms with Crippen molar-refractivity contribution >= 4 is 22.5 Å². The first-order chi connectivity index (χ1) is 11.6. The van der Waals surface area contributed by atoms with Crippen LogP contribution in [0.4, 0.5) is 0 Å². The summed E-state index contributed by atoms with van der Waals surface area (Å²) in [4.78, 5) is 8.34. The van der Waals surface area contributed by atoms with Crippen molar-refractivity contribution in [1.82, 2.24) is 9.97 Å². The highest BCUT2D eigenvalue weighted by Crippen LogP contribution is 2.29. The number of fused-ring (bicyclic) bond motifs is 1. The van der Waals surface area contributed by atoms with Gasteiger partial charge in [0.15, 0.2) is 0 Å². The second-order valence-electron chi connectivity index (χ2n) is 4.12. The molecule has 3 aromatic rings. The Kier molecular flexibility index (Phi) is 1.71. The van der Waals surface area contributed by atoms with E-state index in [2.05, 4.69) is 9.97 Å². The summed E-state index contributed by atoms with van der Waals surface area (Å²) in [6.45, 7) is -4.90. The molecule has 94 valence electrons. The van der Waals surface area contributed by atoms with E-state index in [0.29, 0.717) is 22.2 Å². The molecule has 0 radical (unpaired) electrons. The fourth-order valence-corrected chi connectivity index (χ4v) is 2.18. The zero-order valence-electron chi connectivity index (χ0n) is 15.8. The third kappa shape index (κ3) is 2.20. The van der Waals surface area contributed by atoms with Crippen LogP contribution in [0.25, 0.3) is 22.2 Å². The van der Waals surface area contributed by atoms with Crippen molar-refractivity contribution in [2.24, 2.45) is 0 Å². The predicted octanol–water partition coefficient (Wildman–Crippen LogP) is 4.57. The molecule has 0 saturated heterocycles. The number of para-hydroxylation sites is 1. The minimum Gasteiger partial charge on any atom is -0.218 e. The van der Waals surface area contributed by atoms with Gasteiger partial charge in [0.05, 0.1) is 11.2 Å². The third-order valence-electron chi connectivity index (χ3n) is 2.85. The lowest BCUT2D eigenvalue weighted by molar-refractivity contribution is 1.22. The number of rotatable bonds is 1. The second kappa shape index (κ2) is 4.63. The second-order valence-corrected chi connectivity index (χ2v) is 4.46. The first kappa shape index (κ1) is 7.01. The first-order valence-corrected chi connectivity index (χ1v) is 6.03. The molecule has 3 rings (SSSR count). The van der Waals surface area contributed by atoms with Crippen molar-refractivity contribution in [3.63, 3.8) is 0 Å². The molecule has 0 bridgehead atoms. The Labute approximate surface area is 125 Å². The van der Waals surface area contributed by atoms with Gasteiger partial charge in [0.2, 0.25) is 5.28 Å². The number of benzene rings is 2. The highest BCUT2D eigenvalue weighted by molar-refractivity contribution is 6.28. The van der Waals surface area contributed by atoms with E-state index in [-0.39, 0.29) is 16.4 Å². The molecule has 3 heteroatoms. The maximum atomic E-state index is 7.80. The summed E-state index contributed by atoms with van der Waals surface area (Å²) < 4.78 is 45.9. The molecule has 0 saturated carbocycles. The van der Waals surface area contributed by atoms with Crippen molar-refractivity contribution in [1.29, 1.82) is 0 Å². The molecular weight excluding hydrogens is 256 g/mol. The van der Waals surface area contributed by atoms with Crippen LogP contribution in [0.3, 0.4) is 0 Å². The normalized spacial score (nSPS) is 16.9. The van der Waals surface area contributed by atoms with Crippen LogP contribution >= 0.6 is 11.6 Å². The topological polar surface area (TPSA) is 25.8 Å². The van der Waals surface area contributed by atoms with Crippen molar-refractivity contribution in [2.45, 2.75) is 13.7 Å². The van der Waals surface area contributed by atoms with Gasteiger partial charge in [-0.25, -0.2) is 9.97 Å². The predicted molar refractivity (Wildman–Crippen MR) is 79.5 cm³/mol. The Bertz CT molecular complexity index is 949. The smallest absolute Gasteiger partial charge is 0.218 e. The molecule has 2 aromatic carbocycles. The molecule has 2 nitrogen and oxygen atoms in total. The van der Waals surface area contributed by atoms with Gasteiger partial charge in [-0.1, -0.05) is 42.0 Å². The molecule has 0 atom stereocenters. The summed E-state index contributed by atoms with van der Waals surface area (Å²) in [5.41, 5.74) is 1.13. The summed E-state index contributed by atoms with van der Waals surface area (Å²) in [5, 5.41) is 0.629. The van der Waals surface area contributed by atoms with Crippen LogP contribution in [0.2, 0.25) is 5.28 Å². The number of aromatic nitrogens is 2. The molecule has 0 aliphatic heterocycles. The lowest BCUT2D eigenvalue weighted by Crippen LogP contribution is -1.93. The molecule has 1 heterocycles. The number of hydrogen-bond acceptors (Lipinski definition) is 2. The van der Waals surface area contributed by atoms with Crippen LogP contribution < -0.4 is 0 Å². The lowest BCUT2D eigenvalue weighted by Gasteiger charge is -2.09. The minimum atomic E-state index is -2.50. The van der Waals surface area contributed by atoms with E-state index >= 15 is 0 Å². The van der Waals surface area contributed by atoms with Gasteiger partial charge >= 0.3 is 0 Å². The van der Waals surface area contributed by atoms with E-state index in [1.54, 1.807) is 24.3 Å². The summed E-state index contributed by atoms with van der Waals surface area (Å²) in [7, 11) is 0. The third-order valence-corrected chi connectivity index (χ3v) is 3.02. The lowest BCUT2D eigenvalue weighted by atomic mass is 10.00. The molecule has 1 aromatic heterocycles. The Morgan fingerprint density at radius 2 is 1.95 bits per heavy atom. The molecule has 19 heavy (non-hydrogen) atoms. The molecular formula is C16H13ClN2. The summed E-state index contributed by atoms with van der Waals surface area (Å²) in [5.74, 6) is 0. The average molecular weight is 275 g/mol. The number of nitrogens with zero attached hydrogens (tertiary/aromatic N) is 2. The van der Waals surface area contributed by atoms with Gasteiger partial charge in [-0.2, -0.15) is 0 Å². The molecule has 0 fully saturated rings. The Balaban J connectivity index is 2.35. The Morgan fingerprint density at radius 1 is 1.05 bits per heavy atom. The van der Waals surface area contributed by atoms with E-state index in [0.717, 1.165) is 0 Å². The van der Waals surface area contributed by atoms with Gasteiger partial charge in [0, 0.05) is 19.2 Å². The standard InChI is InChI=1S/C16H13ClN2/c1-10-7-8-12(11(2)9-10)15-13-5-3-4-6-14(13)18-16(17)19-15/h3-9H,1-2H3/i1D3,2D3. The van der Waals surface area contributed by atoms with Crippen LogP contribution in [-0.4, -0.2) is 9.97 Å². The van der Waals surface area contributed by atoms with Crippen LogP contribution in [0, 0.1) is 13.7 Å². The van der Waals surface area contributed by atoms with Crippen LogP contribution in [0.15, 0.2) is 42.5 Å². The van der Waals surface area contributed by atoms with Gasteiger partial charge in [-0.05, 0) is 36.9 Å². The Hall–Kier alpha value is -1.93. The summed E-state index contributed by atoms with van der Waals surface area (Å²) >= 11 is 5.99. The first-order valence-electron chi connectivity index (χ1n) is 8.65. The highest BCUT2D eigenvalue weighted by atomic mass is 35.5. The largest absolute Gasteiger partial charge is 0.223 e.